The van der Waals surface area contributed by atoms with Gasteiger partial charge < -0.3 is 36.5 Å². The molecule has 1 saturated heterocycles. The van der Waals surface area contributed by atoms with Crippen LogP contribution in [-0.4, -0.2) is 78.7 Å². The van der Waals surface area contributed by atoms with Gasteiger partial charge in [0.05, 0.1) is 20.0 Å². The number of aromatic nitrogens is 4. The number of rotatable bonds is 9. The van der Waals surface area contributed by atoms with Crippen molar-refractivity contribution in [2.24, 2.45) is 0 Å². The molecule has 1 fully saturated rings. The molecule has 1 aliphatic heterocycles. The van der Waals surface area contributed by atoms with Crippen molar-refractivity contribution in [3.05, 3.63) is 48.5 Å². The molecule has 0 aliphatic carbocycles. The number of nitrogens with one attached hydrogen (secondary N) is 1. The Labute approximate surface area is 205 Å². The van der Waals surface area contributed by atoms with Gasteiger partial charge in [0, 0.05) is 0 Å². The summed E-state index contributed by atoms with van der Waals surface area (Å²) in [5.74, 6) is -0.628. The molecule has 6 atom stereocenters. The molecule has 1 aromatic carbocycles. The Hall–Kier alpha value is -3.01. The normalized spacial score (nSPS) is 24.1. The second kappa shape index (κ2) is 11.4. The van der Waals surface area contributed by atoms with Gasteiger partial charge in [0.1, 0.15) is 36.2 Å². The molecule has 3 aromatic rings. The van der Waals surface area contributed by atoms with Crippen LogP contribution in [0, 0.1) is 0 Å². The fraction of sp³-hybridized carbons (Fsp3) is 0.400. The molecule has 0 bridgehead atoms. The maximum absolute atomic E-state index is 12.7. The number of ether oxygens (including phenoxy) is 2. The molecule has 16 heteroatoms. The summed E-state index contributed by atoms with van der Waals surface area (Å²) >= 11 is 0. The highest BCUT2D eigenvalue weighted by atomic mass is 31.2. The lowest BCUT2D eigenvalue weighted by Gasteiger charge is -2.22. The van der Waals surface area contributed by atoms with Crippen LogP contribution in [-0.2, 0) is 29.8 Å². The van der Waals surface area contributed by atoms with E-state index in [0.717, 1.165) is 12.7 Å². The predicted octanol–water partition coefficient (Wildman–Crippen LogP) is -0.319. The number of aliphatic hydroxyl groups is 2. The van der Waals surface area contributed by atoms with Crippen molar-refractivity contribution in [3.8, 4) is 0 Å². The Kier molecular flexibility index (Phi) is 8.71. The Balaban J connectivity index is 0.00000361. The zero-order chi connectivity index (χ0) is 25.2. The molecule has 1 unspecified atom stereocenters. The van der Waals surface area contributed by atoms with Crippen LogP contribution >= 0.6 is 7.75 Å². The minimum atomic E-state index is -4.56. The van der Waals surface area contributed by atoms with Gasteiger partial charge in [-0.15, -0.1) is 0 Å². The summed E-state index contributed by atoms with van der Waals surface area (Å²) in [7, 11) is -3.40. The minimum absolute atomic E-state index is 0. The maximum atomic E-state index is 12.7. The van der Waals surface area contributed by atoms with E-state index in [-0.39, 0.29) is 29.6 Å². The minimum Gasteiger partial charge on any atom is -0.468 e. The first-order valence-corrected chi connectivity index (χ1v) is 12.1. The van der Waals surface area contributed by atoms with Crippen LogP contribution < -0.4 is 17.0 Å². The van der Waals surface area contributed by atoms with E-state index in [1.165, 1.54) is 17.2 Å². The monoisotopic (exact) mass is 525 g/mol. The number of esters is 1. The number of fused-ring (bicyclic) bond motifs is 1. The van der Waals surface area contributed by atoms with Crippen molar-refractivity contribution in [1.82, 2.24) is 30.8 Å². The van der Waals surface area contributed by atoms with E-state index in [4.69, 9.17) is 19.7 Å². The number of hydrogen-bond donors (Lipinski definition) is 6. The molecule has 4 rings (SSSR count). The van der Waals surface area contributed by atoms with E-state index in [2.05, 4.69) is 20.0 Å². The van der Waals surface area contributed by atoms with Crippen LogP contribution in [0.25, 0.3) is 11.2 Å². The van der Waals surface area contributed by atoms with Crippen LogP contribution in [0.15, 0.2) is 43.0 Å². The topological polar surface area (TPSA) is 239 Å². The summed E-state index contributed by atoms with van der Waals surface area (Å²) in [5.41, 5.74) is 7.06. The highest BCUT2D eigenvalue weighted by Crippen LogP contribution is 2.40. The number of carbonyl (C=O) groups excluding carboxylic acids is 1. The average Bonchev–Trinajstić information content (AvgIpc) is 3.39. The zero-order valence-electron chi connectivity index (χ0n) is 19.2. The molecular weight excluding hydrogens is 497 g/mol. The standard InChI is InChI=1S/C20H25N6O8P.H3N/c1-32-20(29)12(7-11-5-3-2-4-6-11)25-35(30,31)33-8-13-15(27)16(28)19(34-13)26-10-24-14-17(21)22-9-23-18(14)26;/h2-6,9-10,12-13,15-16,19,27-28H,7-8H2,1H3,(H2,21,22,23)(H2,25,30,31);1H3/t12-,13+,15+,16+,19+;/m0./s1. The van der Waals surface area contributed by atoms with E-state index < -0.39 is 50.9 Å². The number of carbonyl (C=O) groups is 1. The van der Waals surface area contributed by atoms with E-state index in [1.54, 1.807) is 30.3 Å². The predicted molar refractivity (Wildman–Crippen MR) is 126 cm³/mol. The molecule has 0 spiro atoms. The molecule has 2 aromatic heterocycles. The lowest BCUT2D eigenvalue weighted by Crippen LogP contribution is -2.39. The van der Waals surface area contributed by atoms with Gasteiger partial charge in [-0.1, -0.05) is 30.3 Å². The molecule has 0 radical (unpaired) electrons. The van der Waals surface area contributed by atoms with Gasteiger partial charge in [0.2, 0.25) is 0 Å². The Bertz CT molecular complexity index is 1230. The fourth-order valence-corrected chi connectivity index (χ4v) is 4.75. The van der Waals surface area contributed by atoms with E-state index >= 15 is 0 Å². The second-order valence-electron chi connectivity index (χ2n) is 7.84. The number of methoxy groups -OCH3 is 1. The van der Waals surface area contributed by atoms with Crippen LogP contribution in [0.5, 0.6) is 0 Å². The molecule has 3 heterocycles. The second-order valence-corrected chi connectivity index (χ2v) is 9.40. The third-order valence-corrected chi connectivity index (χ3v) is 6.64. The van der Waals surface area contributed by atoms with E-state index in [1.807, 2.05) is 0 Å². The van der Waals surface area contributed by atoms with Crippen molar-refractivity contribution in [1.29, 1.82) is 0 Å². The number of hydrogen-bond acceptors (Lipinski definition) is 12. The Morgan fingerprint density at radius 2 is 1.97 bits per heavy atom. The van der Waals surface area contributed by atoms with Gasteiger partial charge in [0.25, 0.3) is 0 Å². The first-order valence-electron chi connectivity index (χ1n) is 10.5. The quantitative estimate of drug-likeness (QED) is 0.155. The Morgan fingerprint density at radius 1 is 1.25 bits per heavy atom. The van der Waals surface area contributed by atoms with Gasteiger partial charge in [0.15, 0.2) is 17.7 Å². The smallest absolute Gasteiger partial charge is 0.403 e. The molecule has 9 N–H and O–H groups in total. The third kappa shape index (κ3) is 5.86. The summed E-state index contributed by atoms with van der Waals surface area (Å²) in [6, 6.07) is 7.67. The molecule has 196 valence electrons. The van der Waals surface area contributed by atoms with Crippen molar-refractivity contribution < 1.29 is 38.5 Å². The third-order valence-electron chi connectivity index (χ3n) is 5.50. The molecular formula is C20H28N7O8P. The summed E-state index contributed by atoms with van der Waals surface area (Å²) in [5, 5.41) is 23.2. The summed E-state index contributed by atoms with van der Waals surface area (Å²) < 4.78 is 29.5. The highest BCUT2D eigenvalue weighted by molar-refractivity contribution is 7.50. The van der Waals surface area contributed by atoms with Crippen molar-refractivity contribution in [2.45, 2.75) is 37.0 Å². The van der Waals surface area contributed by atoms with Crippen molar-refractivity contribution in [3.63, 3.8) is 0 Å². The number of nitrogens with two attached hydrogens (primary N) is 1. The average molecular weight is 525 g/mol. The van der Waals surface area contributed by atoms with Gasteiger partial charge in [-0.2, -0.15) is 0 Å². The number of anilines is 1. The van der Waals surface area contributed by atoms with Gasteiger partial charge in [-0.25, -0.2) is 24.6 Å². The van der Waals surface area contributed by atoms with Crippen LogP contribution in [0.4, 0.5) is 5.82 Å². The van der Waals surface area contributed by atoms with Crippen molar-refractivity contribution >= 4 is 30.7 Å². The SMILES string of the molecule is COC(=O)[C@H](Cc1ccccc1)NP(=O)(O)OC[C@H]1O[C@@H](n2cnc3c(N)ncnc32)[C@H](O)[C@@H]1O.N. The molecule has 36 heavy (non-hydrogen) atoms. The van der Waals surface area contributed by atoms with E-state index in [9.17, 15) is 24.5 Å². The number of aliphatic hydroxyl groups excluding tert-OH is 2. The summed E-state index contributed by atoms with van der Waals surface area (Å²) in [6.07, 6.45) is -2.58. The van der Waals surface area contributed by atoms with Crippen LogP contribution in [0.2, 0.25) is 0 Å². The van der Waals surface area contributed by atoms with Gasteiger partial charge in [-0.3, -0.25) is 13.9 Å². The molecule has 1 aliphatic rings. The van der Waals surface area contributed by atoms with Gasteiger partial charge in [-0.05, 0) is 12.0 Å². The molecule has 15 nitrogen and oxygen atoms in total. The number of nitrogens with zero attached hydrogens (tertiary/aromatic N) is 4. The van der Waals surface area contributed by atoms with Gasteiger partial charge >= 0.3 is 13.7 Å². The highest BCUT2D eigenvalue weighted by Gasteiger charge is 2.45. The number of benzene rings is 1. The Morgan fingerprint density at radius 3 is 2.67 bits per heavy atom. The van der Waals surface area contributed by atoms with Crippen molar-refractivity contribution in [2.75, 3.05) is 19.5 Å². The number of nitrogen functional groups attached to an aromatic ring is 1. The molecule has 0 amide bonds. The first kappa shape index (κ1) is 27.6. The first-order chi connectivity index (χ1) is 16.7. The summed E-state index contributed by atoms with van der Waals surface area (Å²) in [4.78, 5) is 34.5. The largest absolute Gasteiger partial charge is 0.468 e. The van der Waals surface area contributed by atoms with Crippen LogP contribution in [0.1, 0.15) is 11.8 Å². The zero-order valence-corrected chi connectivity index (χ0v) is 20.1. The lowest BCUT2D eigenvalue weighted by molar-refractivity contribution is -0.142. The number of imidazole rings is 1. The maximum Gasteiger partial charge on any atom is 0.403 e. The fourth-order valence-electron chi connectivity index (χ4n) is 3.74. The lowest BCUT2D eigenvalue weighted by atomic mass is 10.1. The van der Waals surface area contributed by atoms with Crippen LogP contribution in [0.3, 0.4) is 0 Å². The molecule has 0 saturated carbocycles. The van der Waals surface area contributed by atoms with E-state index in [0.29, 0.717) is 0 Å². The summed E-state index contributed by atoms with van der Waals surface area (Å²) in [6.45, 7) is -0.571.